The molecule has 3 heteroatoms. The van der Waals surface area contributed by atoms with Gasteiger partial charge >= 0.3 is 0 Å². The second-order valence-electron chi connectivity index (χ2n) is 4.82. The lowest BCUT2D eigenvalue weighted by Gasteiger charge is -2.31. The van der Waals surface area contributed by atoms with E-state index < -0.39 is 0 Å². The zero-order chi connectivity index (χ0) is 12.3. The largest absolute Gasteiger partial charge is 0.371 e. The highest BCUT2D eigenvalue weighted by Gasteiger charge is 2.17. The van der Waals surface area contributed by atoms with E-state index in [2.05, 4.69) is 30.0 Å². The van der Waals surface area contributed by atoms with Crippen LogP contribution in [0.4, 0.5) is 5.69 Å². The van der Waals surface area contributed by atoms with Crippen LogP contribution in [0.25, 0.3) is 0 Å². The molecule has 0 amide bonds. The molecule has 0 fully saturated rings. The molecule has 1 aromatic rings. The molecule has 0 saturated carbocycles. The third-order valence-corrected chi connectivity index (χ3v) is 3.49. The molecule has 2 rings (SSSR count). The molecule has 0 aromatic heterocycles. The molecule has 0 aliphatic carbocycles. The summed E-state index contributed by atoms with van der Waals surface area (Å²) in [5.74, 6) is 0. The normalized spacial score (nSPS) is 16.8. The second-order valence-corrected chi connectivity index (χ2v) is 4.82. The quantitative estimate of drug-likeness (QED) is 0.834. The van der Waals surface area contributed by atoms with Crippen LogP contribution < -0.4 is 16.4 Å². The summed E-state index contributed by atoms with van der Waals surface area (Å²) in [6.07, 6.45) is 3.61. The van der Waals surface area contributed by atoms with Crippen LogP contribution in [0.3, 0.4) is 0 Å². The molecule has 4 N–H and O–H groups in total. The summed E-state index contributed by atoms with van der Waals surface area (Å²) in [7, 11) is 0. The fourth-order valence-electron chi connectivity index (χ4n) is 2.56. The van der Waals surface area contributed by atoms with Gasteiger partial charge in [-0.3, -0.25) is 0 Å². The van der Waals surface area contributed by atoms with Gasteiger partial charge in [-0.1, -0.05) is 19.1 Å². The standard InChI is InChI=1S/C14H23N3/c1-2-7-17-8-3-4-12-9-11(13(16)10-15)5-6-14(12)17/h5-6,9,13H,2-4,7-8,10,15-16H2,1H3/t13-/m1/s1. The van der Waals surface area contributed by atoms with E-state index in [0.29, 0.717) is 6.54 Å². The molecular formula is C14H23N3. The smallest absolute Gasteiger partial charge is 0.0419 e. The van der Waals surface area contributed by atoms with Gasteiger partial charge in [-0.05, 0) is 36.5 Å². The van der Waals surface area contributed by atoms with Crippen molar-refractivity contribution in [3.8, 4) is 0 Å². The van der Waals surface area contributed by atoms with Crippen molar-refractivity contribution in [2.75, 3.05) is 24.5 Å². The van der Waals surface area contributed by atoms with Crippen molar-refractivity contribution in [3.63, 3.8) is 0 Å². The van der Waals surface area contributed by atoms with Gasteiger partial charge in [-0.2, -0.15) is 0 Å². The molecule has 3 nitrogen and oxygen atoms in total. The van der Waals surface area contributed by atoms with Gasteiger partial charge < -0.3 is 16.4 Å². The fourth-order valence-corrected chi connectivity index (χ4v) is 2.56. The van der Waals surface area contributed by atoms with Crippen LogP contribution in [0.5, 0.6) is 0 Å². The van der Waals surface area contributed by atoms with E-state index >= 15 is 0 Å². The third-order valence-electron chi connectivity index (χ3n) is 3.49. The van der Waals surface area contributed by atoms with Crippen molar-refractivity contribution in [2.24, 2.45) is 11.5 Å². The Morgan fingerprint density at radius 1 is 1.41 bits per heavy atom. The second kappa shape index (κ2) is 5.52. The molecular weight excluding hydrogens is 210 g/mol. The van der Waals surface area contributed by atoms with Crippen LogP contribution in [-0.4, -0.2) is 19.6 Å². The van der Waals surface area contributed by atoms with E-state index in [0.717, 1.165) is 6.54 Å². The maximum Gasteiger partial charge on any atom is 0.0419 e. The van der Waals surface area contributed by atoms with Crippen LogP contribution in [0.15, 0.2) is 18.2 Å². The summed E-state index contributed by atoms with van der Waals surface area (Å²) >= 11 is 0. The first-order chi connectivity index (χ1) is 8.26. The summed E-state index contributed by atoms with van der Waals surface area (Å²) in [6, 6.07) is 6.57. The lowest BCUT2D eigenvalue weighted by Crippen LogP contribution is -2.30. The number of fused-ring (bicyclic) bond motifs is 1. The van der Waals surface area contributed by atoms with Crippen molar-refractivity contribution in [1.82, 2.24) is 0 Å². The Morgan fingerprint density at radius 2 is 2.24 bits per heavy atom. The molecule has 0 saturated heterocycles. The van der Waals surface area contributed by atoms with Crippen molar-refractivity contribution < 1.29 is 0 Å². The monoisotopic (exact) mass is 233 g/mol. The Hall–Kier alpha value is -1.06. The first-order valence-electron chi connectivity index (χ1n) is 6.59. The predicted molar refractivity (Wildman–Crippen MR) is 73.2 cm³/mol. The topological polar surface area (TPSA) is 55.3 Å². The number of aryl methyl sites for hydroxylation is 1. The Bertz CT molecular complexity index is 376. The number of hydrogen-bond donors (Lipinski definition) is 2. The first-order valence-corrected chi connectivity index (χ1v) is 6.59. The minimum Gasteiger partial charge on any atom is -0.371 e. The van der Waals surface area contributed by atoms with Gasteiger partial charge in [0.25, 0.3) is 0 Å². The number of benzene rings is 1. The summed E-state index contributed by atoms with van der Waals surface area (Å²) in [6.45, 7) is 5.07. The van der Waals surface area contributed by atoms with E-state index in [-0.39, 0.29) is 6.04 Å². The van der Waals surface area contributed by atoms with Crippen LogP contribution in [0.2, 0.25) is 0 Å². The van der Waals surface area contributed by atoms with Crippen molar-refractivity contribution in [3.05, 3.63) is 29.3 Å². The minimum absolute atomic E-state index is 0.0261. The molecule has 0 bridgehead atoms. The van der Waals surface area contributed by atoms with Crippen LogP contribution in [-0.2, 0) is 6.42 Å². The highest BCUT2D eigenvalue weighted by molar-refractivity contribution is 5.57. The number of nitrogens with zero attached hydrogens (tertiary/aromatic N) is 1. The van der Waals surface area contributed by atoms with Crippen molar-refractivity contribution >= 4 is 5.69 Å². The molecule has 1 heterocycles. The number of nitrogens with two attached hydrogens (primary N) is 2. The molecule has 0 unspecified atom stereocenters. The molecule has 1 aliphatic rings. The lowest BCUT2D eigenvalue weighted by molar-refractivity contribution is 0.676. The summed E-state index contributed by atoms with van der Waals surface area (Å²) in [4.78, 5) is 2.48. The van der Waals surface area contributed by atoms with E-state index in [1.165, 1.54) is 42.6 Å². The zero-order valence-corrected chi connectivity index (χ0v) is 10.7. The highest BCUT2D eigenvalue weighted by Crippen LogP contribution is 2.29. The number of anilines is 1. The molecule has 94 valence electrons. The molecule has 1 aromatic carbocycles. The Labute approximate surface area is 104 Å². The first kappa shape index (κ1) is 12.4. The van der Waals surface area contributed by atoms with Gasteiger partial charge in [0.15, 0.2) is 0 Å². The molecule has 17 heavy (non-hydrogen) atoms. The number of rotatable bonds is 4. The molecule has 1 aliphatic heterocycles. The van der Waals surface area contributed by atoms with Crippen LogP contribution >= 0.6 is 0 Å². The van der Waals surface area contributed by atoms with Gasteiger partial charge in [0.1, 0.15) is 0 Å². The van der Waals surface area contributed by atoms with Crippen molar-refractivity contribution in [1.29, 1.82) is 0 Å². The van der Waals surface area contributed by atoms with E-state index in [1.807, 2.05) is 0 Å². The van der Waals surface area contributed by atoms with E-state index in [9.17, 15) is 0 Å². The van der Waals surface area contributed by atoms with Gasteiger partial charge in [-0.25, -0.2) is 0 Å². The summed E-state index contributed by atoms with van der Waals surface area (Å²) < 4.78 is 0. The predicted octanol–water partition coefficient (Wildman–Crippen LogP) is 1.81. The van der Waals surface area contributed by atoms with Gasteiger partial charge in [-0.15, -0.1) is 0 Å². The average molecular weight is 233 g/mol. The van der Waals surface area contributed by atoms with Gasteiger partial charge in [0, 0.05) is 31.4 Å². The molecule has 0 spiro atoms. The average Bonchev–Trinajstić information content (AvgIpc) is 2.38. The Kier molecular flexibility index (Phi) is 4.02. The maximum atomic E-state index is 5.98. The van der Waals surface area contributed by atoms with E-state index in [1.54, 1.807) is 0 Å². The van der Waals surface area contributed by atoms with E-state index in [4.69, 9.17) is 11.5 Å². The maximum absolute atomic E-state index is 5.98. The van der Waals surface area contributed by atoms with Crippen LogP contribution in [0.1, 0.15) is 36.9 Å². The molecule has 1 atom stereocenters. The number of hydrogen-bond acceptors (Lipinski definition) is 3. The Balaban J connectivity index is 2.26. The Morgan fingerprint density at radius 3 is 2.94 bits per heavy atom. The van der Waals surface area contributed by atoms with Crippen molar-refractivity contribution in [2.45, 2.75) is 32.2 Å². The SMILES string of the molecule is CCCN1CCCc2cc([C@H](N)CN)ccc21. The zero-order valence-electron chi connectivity index (χ0n) is 10.7. The fraction of sp³-hybridized carbons (Fsp3) is 0.571. The minimum atomic E-state index is -0.0261. The third kappa shape index (κ3) is 2.61. The summed E-state index contributed by atoms with van der Waals surface area (Å²) in [5, 5.41) is 0. The summed E-state index contributed by atoms with van der Waals surface area (Å²) in [5.41, 5.74) is 15.6. The van der Waals surface area contributed by atoms with Gasteiger partial charge in [0.2, 0.25) is 0 Å². The molecule has 0 radical (unpaired) electrons. The van der Waals surface area contributed by atoms with Crippen LogP contribution in [0, 0.1) is 0 Å². The highest BCUT2D eigenvalue weighted by atomic mass is 15.1. The van der Waals surface area contributed by atoms with Gasteiger partial charge in [0.05, 0.1) is 0 Å². The lowest BCUT2D eigenvalue weighted by atomic mass is 9.96.